The largest absolute Gasteiger partial charge is 0.505 e. The highest BCUT2D eigenvalue weighted by Gasteiger charge is 2.41. The number of aromatic nitrogens is 2. The van der Waals surface area contributed by atoms with Crippen molar-refractivity contribution in [3.63, 3.8) is 0 Å². The van der Waals surface area contributed by atoms with Crippen LogP contribution in [0, 0.1) is 0 Å². The highest BCUT2D eigenvalue weighted by Crippen LogP contribution is 2.41. The maximum absolute atomic E-state index is 13.1. The molecule has 3 rings (SSSR count). The number of rotatable bonds is 3. The van der Waals surface area contributed by atoms with Gasteiger partial charge >= 0.3 is 0 Å². The maximum atomic E-state index is 13.1. The van der Waals surface area contributed by atoms with Crippen LogP contribution in [-0.2, 0) is 15.6 Å². The summed E-state index contributed by atoms with van der Waals surface area (Å²) < 4.78 is 0. The van der Waals surface area contributed by atoms with Gasteiger partial charge in [-0.3, -0.25) is 4.79 Å². The molecule has 1 aliphatic carbocycles. The van der Waals surface area contributed by atoms with Crippen molar-refractivity contribution in [1.82, 2.24) is 10.2 Å². The monoisotopic (exact) mass is 398 g/mol. The molecule has 0 unspecified atom stereocenters. The van der Waals surface area contributed by atoms with E-state index in [4.69, 9.17) is 0 Å². The predicted octanol–water partition coefficient (Wildman–Crippen LogP) is 5.83. The zero-order valence-corrected chi connectivity index (χ0v) is 18.2. The number of hydrogen-bond donors (Lipinski definition) is 1. The highest BCUT2D eigenvalue weighted by molar-refractivity contribution is 7.15. The highest BCUT2D eigenvalue weighted by atomic mass is 32.1. The van der Waals surface area contributed by atoms with Crippen molar-refractivity contribution < 1.29 is 9.90 Å². The van der Waals surface area contributed by atoms with Crippen LogP contribution in [0.1, 0.15) is 76.1 Å². The van der Waals surface area contributed by atoms with E-state index in [0.717, 1.165) is 16.1 Å². The quantitative estimate of drug-likeness (QED) is 0.659. The SMILES string of the molecule is CC(C)c1ccc2c(c1)C(C)(C)C(=O)C(N=Nc1nnc(C(C)(C)C)s1)=C2O. The minimum absolute atomic E-state index is 0.0395. The van der Waals surface area contributed by atoms with Crippen LogP contribution in [0.15, 0.2) is 34.1 Å². The normalized spacial score (nSPS) is 16.9. The summed E-state index contributed by atoms with van der Waals surface area (Å²) in [5.74, 6) is -0.0699. The lowest BCUT2D eigenvalue weighted by atomic mass is 9.72. The Bertz CT molecular complexity index is 994. The van der Waals surface area contributed by atoms with E-state index in [-0.39, 0.29) is 22.7 Å². The Morgan fingerprint density at radius 2 is 1.82 bits per heavy atom. The number of Topliss-reactive ketones (excluding diaryl/α,β-unsaturated/α-hetero) is 1. The van der Waals surface area contributed by atoms with Gasteiger partial charge in [0.25, 0.3) is 5.13 Å². The molecule has 0 fully saturated rings. The lowest BCUT2D eigenvalue weighted by Crippen LogP contribution is -2.35. The molecule has 1 aromatic carbocycles. The summed E-state index contributed by atoms with van der Waals surface area (Å²) >= 11 is 1.32. The van der Waals surface area contributed by atoms with E-state index in [1.54, 1.807) is 0 Å². The van der Waals surface area contributed by atoms with E-state index in [1.807, 2.05) is 52.8 Å². The molecule has 0 bridgehead atoms. The molecule has 0 spiro atoms. The molecule has 0 aliphatic heterocycles. The van der Waals surface area contributed by atoms with Crippen LogP contribution < -0.4 is 0 Å². The number of aliphatic hydroxyl groups excluding tert-OH is 1. The van der Waals surface area contributed by atoms with Crippen molar-refractivity contribution >= 4 is 28.0 Å². The fourth-order valence-corrected chi connectivity index (χ4v) is 3.77. The van der Waals surface area contributed by atoms with Gasteiger partial charge in [0.1, 0.15) is 5.01 Å². The predicted molar refractivity (Wildman–Crippen MR) is 111 cm³/mol. The van der Waals surface area contributed by atoms with E-state index in [9.17, 15) is 9.90 Å². The van der Waals surface area contributed by atoms with E-state index >= 15 is 0 Å². The van der Waals surface area contributed by atoms with Crippen molar-refractivity contribution in [2.24, 2.45) is 10.2 Å². The van der Waals surface area contributed by atoms with Gasteiger partial charge in [0, 0.05) is 11.0 Å². The Morgan fingerprint density at radius 3 is 2.39 bits per heavy atom. The summed E-state index contributed by atoms with van der Waals surface area (Å²) in [7, 11) is 0. The fraction of sp³-hybridized carbons (Fsp3) is 0.476. The van der Waals surface area contributed by atoms with Gasteiger partial charge in [0.15, 0.2) is 17.2 Å². The standard InChI is InChI=1S/C21H26N4O2S/c1-11(2)12-8-9-13-14(10-12)21(6,7)17(27)15(16(13)26)22-24-19-25-23-18(28-19)20(3,4)5/h8-11,26H,1-7H3. The van der Waals surface area contributed by atoms with Crippen LogP contribution in [0.3, 0.4) is 0 Å². The minimum atomic E-state index is -0.807. The van der Waals surface area contributed by atoms with Crippen LogP contribution in [-0.4, -0.2) is 21.1 Å². The average Bonchev–Trinajstić information content (AvgIpc) is 3.09. The van der Waals surface area contributed by atoms with E-state index in [2.05, 4.69) is 34.3 Å². The Hall–Kier alpha value is -2.41. The number of azo groups is 1. The number of hydrogen-bond acceptors (Lipinski definition) is 7. The molecular formula is C21H26N4O2S. The van der Waals surface area contributed by atoms with Gasteiger partial charge in [-0.15, -0.1) is 20.4 Å². The lowest BCUT2D eigenvalue weighted by Gasteiger charge is -2.31. The molecule has 0 saturated heterocycles. The van der Waals surface area contributed by atoms with E-state index < -0.39 is 5.41 Å². The second-order valence-corrected chi connectivity index (χ2v) is 9.91. The molecule has 1 aromatic heterocycles. The van der Waals surface area contributed by atoms with Gasteiger partial charge in [0.2, 0.25) is 0 Å². The molecule has 0 radical (unpaired) electrons. The number of carbonyl (C=O) groups is 1. The molecule has 2 aromatic rings. The number of nitrogens with zero attached hydrogens (tertiary/aromatic N) is 4. The first kappa shape index (κ1) is 20.3. The summed E-state index contributed by atoms with van der Waals surface area (Å²) in [6, 6.07) is 5.83. The maximum Gasteiger partial charge on any atom is 0.251 e. The van der Waals surface area contributed by atoms with Crippen LogP contribution in [0.5, 0.6) is 0 Å². The van der Waals surface area contributed by atoms with Crippen LogP contribution >= 0.6 is 11.3 Å². The molecule has 28 heavy (non-hydrogen) atoms. The van der Waals surface area contributed by atoms with E-state index in [0.29, 0.717) is 16.6 Å². The number of aliphatic hydroxyl groups is 1. The zero-order valence-electron chi connectivity index (χ0n) is 17.4. The number of carbonyl (C=O) groups excluding carboxylic acids is 1. The Kier molecular flexibility index (Phi) is 5.00. The van der Waals surface area contributed by atoms with Crippen molar-refractivity contribution in [3.05, 3.63) is 45.6 Å². The lowest BCUT2D eigenvalue weighted by molar-refractivity contribution is -0.120. The van der Waals surface area contributed by atoms with Crippen LogP contribution in [0.2, 0.25) is 0 Å². The van der Waals surface area contributed by atoms with Gasteiger partial charge in [-0.25, -0.2) is 0 Å². The van der Waals surface area contributed by atoms with Gasteiger partial charge in [-0.2, -0.15) is 0 Å². The van der Waals surface area contributed by atoms with Crippen LogP contribution in [0.4, 0.5) is 5.13 Å². The van der Waals surface area contributed by atoms with Gasteiger partial charge in [-0.05, 0) is 30.9 Å². The molecule has 0 amide bonds. The first-order valence-corrected chi connectivity index (χ1v) is 10.1. The third-order valence-electron chi connectivity index (χ3n) is 4.94. The van der Waals surface area contributed by atoms with Crippen molar-refractivity contribution in [2.45, 2.75) is 65.2 Å². The van der Waals surface area contributed by atoms with Gasteiger partial charge < -0.3 is 5.11 Å². The summed E-state index contributed by atoms with van der Waals surface area (Å²) in [4.78, 5) is 13.1. The second-order valence-electron chi connectivity index (χ2n) is 8.95. The van der Waals surface area contributed by atoms with Crippen molar-refractivity contribution in [1.29, 1.82) is 0 Å². The zero-order chi connectivity index (χ0) is 20.9. The number of fused-ring (bicyclic) bond motifs is 1. The Balaban J connectivity index is 2.04. The molecule has 0 atom stereocenters. The topological polar surface area (TPSA) is 87.8 Å². The van der Waals surface area contributed by atoms with Crippen LogP contribution in [0.25, 0.3) is 5.76 Å². The minimum Gasteiger partial charge on any atom is -0.505 e. The number of allylic oxidation sites excluding steroid dienone is 1. The second kappa shape index (κ2) is 6.88. The van der Waals surface area contributed by atoms with Crippen molar-refractivity contribution in [3.8, 4) is 0 Å². The Labute approximate surface area is 169 Å². The Morgan fingerprint density at radius 1 is 1.14 bits per heavy atom. The molecule has 7 heteroatoms. The van der Waals surface area contributed by atoms with Gasteiger partial charge in [-0.1, -0.05) is 64.2 Å². The summed E-state index contributed by atoms with van der Waals surface area (Å²) in [6.45, 7) is 14.0. The van der Waals surface area contributed by atoms with Crippen molar-refractivity contribution in [2.75, 3.05) is 0 Å². The first-order chi connectivity index (χ1) is 12.9. The molecule has 6 nitrogen and oxygen atoms in total. The molecule has 0 saturated carbocycles. The molecule has 1 heterocycles. The smallest absolute Gasteiger partial charge is 0.251 e. The number of benzene rings is 1. The molecule has 1 N–H and O–H groups in total. The fourth-order valence-electron chi connectivity index (χ4n) is 3.04. The van der Waals surface area contributed by atoms with E-state index in [1.165, 1.54) is 11.3 Å². The number of ketones is 1. The summed E-state index contributed by atoms with van der Waals surface area (Å²) in [6.07, 6.45) is 0. The summed E-state index contributed by atoms with van der Waals surface area (Å²) in [5, 5.41) is 28.2. The average molecular weight is 399 g/mol. The third-order valence-corrected chi connectivity index (χ3v) is 6.17. The third kappa shape index (κ3) is 3.51. The summed E-state index contributed by atoms with van der Waals surface area (Å²) in [5.41, 5.74) is 1.58. The first-order valence-electron chi connectivity index (χ1n) is 9.31. The van der Waals surface area contributed by atoms with Gasteiger partial charge in [0.05, 0.1) is 5.41 Å². The molecule has 148 valence electrons. The molecule has 1 aliphatic rings. The molecular weight excluding hydrogens is 372 g/mol.